The average Bonchev–Trinajstić information content (AvgIpc) is 2.58. The van der Waals surface area contributed by atoms with E-state index in [-0.39, 0.29) is 29.7 Å². The van der Waals surface area contributed by atoms with Gasteiger partial charge < -0.3 is 10.4 Å². The van der Waals surface area contributed by atoms with Gasteiger partial charge in [0, 0.05) is 11.8 Å². The van der Waals surface area contributed by atoms with Crippen molar-refractivity contribution in [2.75, 3.05) is 0 Å². The maximum Gasteiger partial charge on any atom is 0.433 e. The number of aromatic nitrogens is 1. The second-order valence-electron chi connectivity index (χ2n) is 6.31. The molecule has 0 radical (unpaired) electrons. The van der Waals surface area contributed by atoms with Crippen LogP contribution in [0.15, 0.2) is 24.3 Å². The number of hydrogen-bond donors (Lipinski definition) is 2. The number of piperidine rings is 1. The summed E-state index contributed by atoms with van der Waals surface area (Å²) in [5, 5.41) is 12.8. The van der Waals surface area contributed by atoms with Crippen LogP contribution in [0, 0.1) is 0 Å². The minimum Gasteiger partial charge on any atom is -0.386 e. The van der Waals surface area contributed by atoms with Crippen LogP contribution in [0.3, 0.4) is 0 Å². The summed E-state index contributed by atoms with van der Waals surface area (Å²) < 4.78 is 79.3. The first-order chi connectivity index (χ1) is 12.5. The highest BCUT2D eigenvalue weighted by atomic mass is 19.4. The third-order valence-corrected chi connectivity index (χ3v) is 4.43. The Balaban J connectivity index is 2.23. The quantitative estimate of drug-likeness (QED) is 0.761. The van der Waals surface area contributed by atoms with Crippen LogP contribution in [0.25, 0.3) is 10.9 Å². The van der Waals surface area contributed by atoms with E-state index in [0.717, 1.165) is 6.07 Å². The maximum atomic E-state index is 13.2. The molecule has 2 atom stereocenters. The molecule has 0 bridgehead atoms. The molecule has 4 nitrogen and oxygen atoms in total. The van der Waals surface area contributed by atoms with Gasteiger partial charge >= 0.3 is 12.4 Å². The molecule has 10 heteroatoms. The number of benzene rings is 1. The summed E-state index contributed by atoms with van der Waals surface area (Å²) in [4.78, 5) is 14.7. The van der Waals surface area contributed by atoms with Crippen LogP contribution in [0.2, 0.25) is 0 Å². The third kappa shape index (κ3) is 3.85. The first-order valence-corrected chi connectivity index (χ1v) is 8.04. The summed E-state index contributed by atoms with van der Waals surface area (Å²) in [7, 11) is 0. The fourth-order valence-electron chi connectivity index (χ4n) is 3.18. The molecule has 1 amide bonds. The van der Waals surface area contributed by atoms with Gasteiger partial charge in [0.15, 0.2) is 0 Å². The standard InChI is InChI=1S/C17H14F6N2O2/c18-16(19,20)10-4-1-3-8-9(7-12(17(21,22)23)25-14(8)10)15(27)11-5-2-6-13(26)24-11/h1,3-4,7,11,15,27H,2,5-6H2,(H,24,26)/t11-,15-/m0/s1. The van der Waals surface area contributed by atoms with Crippen LogP contribution >= 0.6 is 0 Å². The van der Waals surface area contributed by atoms with Crippen LogP contribution < -0.4 is 5.32 Å². The topological polar surface area (TPSA) is 62.2 Å². The smallest absolute Gasteiger partial charge is 0.386 e. The van der Waals surface area contributed by atoms with E-state index in [1.807, 2.05) is 0 Å². The van der Waals surface area contributed by atoms with E-state index in [9.17, 15) is 36.2 Å². The molecule has 1 aliphatic rings. The van der Waals surface area contributed by atoms with Gasteiger partial charge in [0.05, 0.1) is 23.2 Å². The lowest BCUT2D eigenvalue weighted by atomic mass is 9.91. The van der Waals surface area contributed by atoms with Gasteiger partial charge in [0.25, 0.3) is 0 Å². The molecule has 1 fully saturated rings. The van der Waals surface area contributed by atoms with Crippen molar-refractivity contribution in [2.24, 2.45) is 0 Å². The lowest BCUT2D eigenvalue weighted by Gasteiger charge is -2.29. The summed E-state index contributed by atoms with van der Waals surface area (Å²) in [6.45, 7) is 0. The number of amides is 1. The third-order valence-electron chi connectivity index (χ3n) is 4.43. The second kappa shape index (κ2) is 6.66. The van der Waals surface area contributed by atoms with Crippen molar-refractivity contribution < 1.29 is 36.2 Å². The van der Waals surface area contributed by atoms with Gasteiger partial charge in [-0.1, -0.05) is 12.1 Å². The molecule has 2 aromatic rings. The number of alkyl halides is 6. The molecular weight excluding hydrogens is 378 g/mol. The fourth-order valence-corrected chi connectivity index (χ4v) is 3.18. The minimum atomic E-state index is -5.00. The summed E-state index contributed by atoms with van der Waals surface area (Å²) in [5.74, 6) is -0.379. The van der Waals surface area contributed by atoms with Crippen molar-refractivity contribution in [2.45, 2.75) is 43.8 Å². The van der Waals surface area contributed by atoms with E-state index < -0.39 is 41.3 Å². The lowest BCUT2D eigenvalue weighted by molar-refractivity contribution is -0.142. The average molecular weight is 392 g/mol. The number of rotatable bonds is 2. The fraction of sp³-hybridized carbons (Fsp3) is 0.412. The molecule has 1 aliphatic heterocycles. The Hall–Kier alpha value is -2.36. The molecule has 1 saturated heterocycles. The summed E-state index contributed by atoms with van der Waals surface area (Å²) >= 11 is 0. The highest BCUT2D eigenvalue weighted by Gasteiger charge is 2.39. The SMILES string of the molecule is O=C1CCC[C@@H]([C@@H](O)c2cc(C(F)(F)F)nc3c(C(F)(F)F)cccc23)N1. The molecule has 0 saturated carbocycles. The van der Waals surface area contributed by atoms with Crippen LogP contribution in [-0.4, -0.2) is 22.0 Å². The predicted octanol–water partition coefficient (Wildman–Crippen LogP) is 3.97. The van der Waals surface area contributed by atoms with Crippen molar-refractivity contribution in [3.8, 4) is 0 Å². The summed E-state index contributed by atoms with van der Waals surface area (Å²) in [6, 6.07) is 2.48. The van der Waals surface area contributed by atoms with E-state index in [0.29, 0.717) is 18.6 Å². The molecule has 0 spiro atoms. The number of carbonyl (C=O) groups is 1. The zero-order chi connectivity index (χ0) is 20.0. The van der Waals surface area contributed by atoms with Crippen molar-refractivity contribution >= 4 is 16.8 Å². The van der Waals surface area contributed by atoms with Gasteiger partial charge in [0.2, 0.25) is 5.91 Å². The molecule has 0 unspecified atom stereocenters. The number of nitrogens with one attached hydrogen (secondary N) is 1. The number of aliphatic hydroxyl groups is 1. The molecule has 27 heavy (non-hydrogen) atoms. The Labute approximate surface area is 149 Å². The number of pyridine rings is 1. The predicted molar refractivity (Wildman–Crippen MR) is 82.5 cm³/mol. The van der Waals surface area contributed by atoms with Crippen molar-refractivity contribution in [1.82, 2.24) is 10.3 Å². The number of fused-ring (bicyclic) bond motifs is 1. The molecule has 1 aromatic heterocycles. The zero-order valence-corrected chi connectivity index (χ0v) is 13.7. The van der Waals surface area contributed by atoms with Gasteiger partial charge in [-0.05, 0) is 30.5 Å². The number of hydrogen-bond acceptors (Lipinski definition) is 3. The largest absolute Gasteiger partial charge is 0.433 e. The Kier molecular flexibility index (Phi) is 4.79. The summed E-state index contributed by atoms with van der Waals surface area (Å²) in [6.07, 6.45) is -10.6. The molecule has 146 valence electrons. The first-order valence-electron chi connectivity index (χ1n) is 8.04. The van der Waals surface area contributed by atoms with Gasteiger partial charge in [0.1, 0.15) is 5.69 Å². The Bertz CT molecular complexity index is 878. The Morgan fingerprint density at radius 1 is 1.15 bits per heavy atom. The van der Waals surface area contributed by atoms with E-state index in [1.54, 1.807) is 0 Å². The number of para-hydroxylation sites is 1. The molecule has 2 heterocycles. The number of halogens is 6. The Morgan fingerprint density at radius 3 is 2.44 bits per heavy atom. The molecule has 2 N–H and O–H groups in total. The van der Waals surface area contributed by atoms with Crippen molar-refractivity contribution in [1.29, 1.82) is 0 Å². The normalized spacial score (nSPS) is 19.8. The van der Waals surface area contributed by atoms with Crippen LogP contribution in [0.5, 0.6) is 0 Å². The molecule has 0 aliphatic carbocycles. The lowest BCUT2D eigenvalue weighted by Crippen LogP contribution is -2.42. The maximum absolute atomic E-state index is 13.2. The van der Waals surface area contributed by atoms with E-state index in [1.165, 1.54) is 6.07 Å². The van der Waals surface area contributed by atoms with Crippen molar-refractivity contribution in [3.63, 3.8) is 0 Å². The zero-order valence-electron chi connectivity index (χ0n) is 13.7. The van der Waals surface area contributed by atoms with Crippen LogP contribution in [0.1, 0.15) is 42.2 Å². The van der Waals surface area contributed by atoms with E-state index in [2.05, 4.69) is 10.3 Å². The number of aliphatic hydroxyl groups excluding tert-OH is 1. The monoisotopic (exact) mass is 392 g/mol. The number of carbonyl (C=O) groups excluding carboxylic acids is 1. The first kappa shape index (κ1) is 19.4. The number of nitrogens with zero attached hydrogens (tertiary/aromatic N) is 1. The van der Waals surface area contributed by atoms with Gasteiger partial charge in [-0.15, -0.1) is 0 Å². The Morgan fingerprint density at radius 2 is 1.85 bits per heavy atom. The molecule has 3 rings (SSSR count). The van der Waals surface area contributed by atoms with Gasteiger partial charge in [-0.3, -0.25) is 4.79 Å². The molecular formula is C17H14F6N2O2. The highest BCUT2D eigenvalue weighted by molar-refractivity contribution is 5.86. The minimum absolute atomic E-state index is 0.215. The van der Waals surface area contributed by atoms with E-state index >= 15 is 0 Å². The van der Waals surface area contributed by atoms with E-state index in [4.69, 9.17) is 0 Å². The van der Waals surface area contributed by atoms with Gasteiger partial charge in [-0.25, -0.2) is 4.98 Å². The van der Waals surface area contributed by atoms with Crippen molar-refractivity contribution in [3.05, 3.63) is 41.1 Å². The molecule has 1 aromatic carbocycles. The second-order valence-corrected chi connectivity index (χ2v) is 6.31. The van der Waals surface area contributed by atoms with Gasteiger partial charge in [-0.2, -0.15) is 26.3 Å². The van der Waals surface area contributed by atoms with Crippen LogP contribution in [0.4, 0.5) is 26.3 Å². The van der Waals surface area contributed by atoms with Crippen LogP contribution in [-0.2, 0) is 17.1 Å². The summed E-state index contributed by atoms with van der Waals surface area (Å²) in [5.41, 5.74) is -4.11. The highest BCUT2D eigenvalue weighted by Crippen LogP contribution is 2.39.